The second-order valence-electron chi connectivity index (χ2n) is 9.54. The lowest BCUT2D eigenvalue weighted by Gasteiger charge is -2.33. The van der Waals surface area contributed by atoms with Crippen LogP contribution in [0.3, 0.4) is 0 Å². The Labute approximate surface area is 209 Å². The molecule has 0 spiro atoms. The van der Waals surface area contributed by atoms with E-state index in [1.165, 1.54) is 4.90 Å². The molecule has 7 nitrogen and oxygen atoms in total. The number of sulfonamides is 1. The number of amides is 2. The van der Waals surface area contributed by atoms with Crippen molar-refractivity contribution in [2.75, 3.05) is 17.1 Å². The predicted octanol–water partition coefficient (Wildman–Crippen LogP) is 3.94. The van der Waals surface area contributed by atoms with Crippen molar-refractivity contribution >= 4 is 27.5 Å². The van der Waals surface area contributed by atoms with Crippen molar-refractivity contribution in [2.24, 2.45) is 0 Å². The number of aryl methyl sites for hydroxylation is 2. The third-order valence-corrected chi connectivity index (χ3v) is 7.60. The van der Waals surface area contributed by atoms with Gasteiger partial charge in [-0.25, -0.2) is 8.42 Å². The van der Waals surface area contributed by atoms with Gasteiger partial charge in [0.25, 0.3) is 0 Å². The Bertz CT molecular complexity index is 1110. The normalized spacial score (nSPS) is 15.0. The van der Waals surface area contributed by atoms with E-state index in [-0.39, 0.29) is 25.0 Å². The van der Waals surface area contributed by atoms with E-state index in [1.54, 1.807) is 12.1 Å². The van der Waals surface area contributed by atoms with E-state index in [1.807, 2.05) is 57.2 Å². The number of carbonyl (C=O) groups excluding carboxylic acids is 2. The molecule has 0 aliphatic heterocycles. The highest BCUT2D eigenvalue weighted by Crippen LogP contribution is 2.23. The molecule has 0 heterocycles. The van der Waals surface area contributed by atoms with Gasteiger partial charge in [0.15, 0.2) is 0 Å². The van der Waals surface area contributed by atoms with Gasteiger partial charge in [0.2, 0.25) is 21.8 Å². The lowest BCUT2D eigenvalue weighted by molar-refractivity contribution is -0.140. The maximum Gasteiger partial charge on any atom is 0.244 e. The summed E-state index contributed by atoms with van der Waals surface area (Å²) in [5.74, 6) is -0.590. The van der Waals surface area contributed by atoms with Crippen LogP contribution in [0.15, 0.2) is 48.5 Å². The molecule has 2 amide bonds. The maximum atomic E-state index is 13.7. The summed E-state index contributed by atoms with van der Waals surface area (Å²) in [6.07, 6.45) is 5.61. The first-order chi connectivity index (χ1) is 16.6. The van der Waals surface area contributed by atoms with E-state index in [2.05, 4.69) is 5.32 Å². The fourth-order valence-corrected chi connectivity index (χ4v) is 5.61. The fourth-order valence-electron chi connectivity index (χ4n) is 4.78. The standard InChI is InChI=1S/C27H37N3O4S/c1-5-25(27(32)28-23-13-9-10-14-23)29(18-22-11-7-6-8-12-22)26(31)19-30(35(4,33)34)24-16-20(2)15-21(3)17-24/h6-8,11-12,15-17,23,25H,5,9-10,13-14,18-19H2,1-4H3,(H,28,32). The zero-order valence-electron chi connectivity index (χ0n) is 21.2. The van der Waals surface area contributed by atoms with Gasteiger partial charge in [-0.15, -0.1) is 0 Å². The van der Waals surface area contributed by atoms with Gasteiger partial charge in [-0.2, -0.15) is 0 Å². The smallest absolute Gasteiger partial charge is 0.244 e. The third-order valence-electron chi connectivity index (χ3n) is 6.46. The molecule has 1 atom stereocenters. The molecule has 0 bridgehead atoms. The van der Waals surface area contributed by atoms with Gasteiger partial charge in [-0.05, 0) is 61.9 Å². The molecule has 0 aromatic heterocycles. The van der Waals surface area contributed by atoms with Crippen molar-refractivity contribution in [1.82, 2.24) is 10.2 Å². The number of rotatable bonds is 10. The Morgan fingerprint density at radius 2 is 1.63 bits per heavy atom. The van der Waals surface area contributed by atoms with E-state index in [9.17, 15) is 18.0 Å². The number of hydrogen-bond acceptors (Lipinski definition) is 4. The minimum absolute atomic E-state index is 0.132. The zero-order valence-corrected chi connectivity index (χ0v) is 22.0. The van der Waals surface area contributed by atoms with Gasteiger partial charge in [0.1, 0.15) is 12.6 Å². The average molecular weight is 500 g/mol. The van der Waals surface area contributed by atoms with Gasteiger partial charge < -0.3 is 10.2 Å². The zero-order chi connectivity index (χ0) is 25.6. The van der Waals surface area contributed by atoms with Crippen LogP contribution in [0.1, 0.15) is 55.7 Å². The summed E-state index contributed by atoms with van der Waals surface area (Å²) in [4.78, 5) is 28.5. The van der Waals surface area contributed by atoms with E-state index < -0.39 is 22.0 Å². The second-order valence-corrected chi connectivity index (χ2v) is 11.4. The van der Waals surface area contributed by atoms with Crippen molar-refractivity contribution in [3.05, 3.63) is 65.2 Å². The lowest BCUT2D eigenvalue weighted by Crippen LogP contribution is -2.53. The van der Waals surface area contributed by atoms with E-state index in [0.717, 1.165) is 52.9 Å². The molecule has 1 aliphatic carbocycles. The highest BCUT2D eigenvalue weighted by molar-refractivity contribution is 7.92. The summed E-state index contributed by atoms with van der Waals surface area (Å²) in [5, 5.41) is 3.12. The van der Waals surface area contributed by atoms with Crippen LogP contribution in [0.2, 0.25) is 0 Å². The summed E-state index contributed by atoms with van der Waals surface area (Å²) >= 11 is 0. The summed E-state index contributed by atoms with van der Waals surface area (Å²) < 4.78 is 26.6. The van der Waals surface area contributed by atoms with Crippen LogP contribution >= 0.6 is 0 Å². The molecule has 3 rings (SSSR count). The molecule has 190 valence electrons. The maximum absolute atomic E-state index is 13.7. The molecular weight excluding hydrogens is 462 g/mol. The molecule has 1 fully saturated rings. The SMILES string of the molecule is CCC(C(=O)NC1CCCC1)N(Cc1ccccc1)C(=O)CN(c1cc(C)cc(C)c1)S(C)(=O)=O. The Kier molecular flexibility index (Phi) is 8.94. The van der Waals surface area contributed by atoms with Crippen molar-refractivity contribution in [3.8, 4) is 0 Å². The van der Waals surface area contributed by atoms with Crippen LogP contribution in [0, 0.1) is 13.8 Å². The predicted molar refractivity (Wildman–Crippen MR) is 140 cm³/mol. The Balaban J connectivity index is 1.92. The lowest BCUT2D eigenvalue weighted by atomic mass is 10.1. The number of carbonyl (C=O) groups is 2. The second kappa shape index (κ2) is 11.7. The van der Waals surface area contributed by atoms with Crippen LogP contribution < -0.4 is 9.62 Å². The molecule has 2 aromatic carbocycles. The third kappa shape index (κ3) is 7.31. The first kappa shape index (κ1) is 26.7. The Morgan fingerprint density at radius 1 is 1.03 bits per heavy atom. The summed E-state index contributed by atoms with van der Waals surface area (Å²) in [5.41, 5.74) is 3.14. The van der Waals surface area contributed by atoms with Gasteiger partial charge >= 0.3 is 0 Å². The van der Waals surface area contributed by atoms with Gasteiger partial charge in [0, 0.05) is 12.6 Å². The fraction of sp³-hybridized carbons (Fsp3) is 0.481. The largest absolute Gasteiger partial charge is 0.352 e. The van der Waals surface area contributed by atoms with Crippen LogP contribution in [0.4, 0.5) is 5.69 Å². The van der Waals surface area contributed by atoms with Crippen LogP contribution in [0.25, 0.3) is 0 Å². The van der Waals surface area contributed by atoms with E-state index >= 15 is 0 Å². The molecular formula is C27H37N3O4S. The van der Waals surface area contributed by atoms with Crippen molar-refractivity contribution in [3.63, 3.8) is 0 Å². The summed E-state index contributed by atoms with van der Waals surface area (Å²) in [7, 11) is -3.74. The Hall–Kier alpha value is -2.87. The molecule has 0 saturated heterocycles. The monoisotopic (exact) mass is 499 g/mol. The molecule has 1 N–H and O–H groups in total. The molecule has 1 aliphatic rings. The number of anilines is 1. The van der Waals surface area contributed by atoms with Gasteiger partial charge in [-0.3, -0.25) is 13.9 Å². The first-order valence-corrected chi connectivity index (χ1v) is 14.1. The van der Waals surface area contributed by atoms with Gasteiger partial charge in [0.05, 0.1) is 11.9 Å². The molecule has 8 heteroatoms. The molecule has 2 aromatic rings. The number of benzene rings is 2. The molecule has 1 saturated carbocycles. The molecule has 35 heavy (non-hydrogen) atoms. The number of hydrogen-bond donors (Lipinski definition) is 1. The first-order valence-electron chi connectivity index (χ1n) is 12.3. The van der Waals surface area contributed by atoms with Crippen LogP contribution in [0.5, 0.6) is 0 Å². The van der Waals surface area contributed by atoms with Crippen LogP contribution in [-0.2, 0) is 26.2 Å². The summed E-state index contributed by atoms with van der Waals surface area (Å²) in [6.45, 7) is 5.51. The Morgan fingerprint density at radius 3 is 2.17 bits per heavy atom. The van der Waals surface area contributed by atoms with Crippen LogP contribution in [-0.4, -0.2) is 50.0 Å². The number of nitrogens with zero attached hydrogens (tertiary/aromatic N) is 2. The molecule has 1 unspecified atom stereocenters. The minimum atomic E-state index is -3.74. The summed E-state index contributed by atoms with van der Waals surface area (Å²) in [6, 6.07) is 14.4. The minimum Gasteiger partial charge on any atom is -0.352 e. The molecule has 0 radical (unpaired) electrons. The van der Waals surface area contributed by atoms with Gasteiger partial charge in [-0.1, -0.05) is 56.2 Å². The number of nitrogens with one attached hydrogen (secondary N) is 1. The highest BCUT2D eigenvalue weighted by atomic mass is 32.2. The quantitative estimate of drug-likeness (QED) is 0.537. The topological polar surface area (TPSA) is 86.8 Å². The highest BCUT2D eigenvalue weighted by Gasteiger charge is 2.33. The van der Waals surface area contributed by atoms with Crippen molar-refractivity contribution in [2.45, 2.75) is 71.5 Å². The van der Waals surface area contributed by atoms with Crippen molar-refractivity contribution in [1.29, 1.82) is 0 Å². The van der Waals surface area contributed by atoms with E-state index in [0.29, 0.717) is 12.1 Å². The average Bonchev–Trinajstić information content (AvgIpc) is 3.29. The van der Waals surface area contributed by atoms with E-state index in [4.69, 9.17) is 0 Å². The van der Waals surface area contributed by atoms with Crippen molar-refractivity contribution < 1.29 is 18.0 Å².